The number of hydrogen-bond acceptors (Lipinski definition) is 3. The van der Waals surface area contributed by atoms with Crippen LogP contribution in [0.25, 0.3) is 0 Å². The third kappa shape index (κ3) is 1.63. The van der Waals surface area contributed by atoms with Crippen LogP contribution >= 0.6 is 15.9 Å². The van der Waals surface area contributed by atoms with Crippen molar-refractivity contribution in [3.63, 3.8) is 0 Å². The molecule has 0 bridgehead atoms. The summed E-state index contributed by atoms with van der Waals surface area (Å²) in [6, 6.07) is 7.23. The van der Waals surface area contributed by atoms with Gasteiger partial charge in [-0.25, -0.2) is 0 Å². The number of imide groups is 1. The van der Waals surface area contributed by atoms with E-state index in [1.165, 1.54) is 4.90 Å². The van der Waals surface area contributed by atoms with Crippen molar-refractivity contribution in [3.05, 3.63) is 33.8 Å². The van der Waals surface area contributed by atoms with Crippen LogP contribution in [-0.2, 0) is 0 Å². The first kappa shape index (κ1) is 12.4. The monoisotopic (exact) mass is 318 g/mol. The molecule has 0 saturated heterocycles. The Bertz CT molecular complexity index is 627. The number of benzene rings is 1. The van der Waals surface area contributed by atoms with Crippen LogP contribution in [0, 0.1) is 11.3 Å². The van der Waals surface area contributed by atoms with Gasteiger partial charge in [0.2, 0.25) is 0 Å². The molecule has 0 unspecified atom stereocenters. The van der Waals surface area contributed by atoms with Gasteiger partial charge in [0.25, 0.3) is 11.8 Å². The molecule has 0 radical (unpaired) electrons. The van der Waals surface area contributed by atoms with E-state index in [4.69, 9.17) is 0 Å². The second-order valence-electron chi connectivity index (χ2n) is 4.99. The van der Waals surface area contributed by atoms with Crippen molar-refractivity contribution in [2.75, 3.05) is 0 Å². The molecular weight excluding hydrogens is 308 g/mol. The molecule has 1 aliphatic carbocycles. The van der Waals surface area contributed by atoms with Crippen LogP contribution in [0.4, 0.5) is 0 Å². The van der Waals surface area contributed by atoms with E-state index in [0.29, 0.717) is 24.0 Å². The van der Waals surface area contributed by atoms with Gasteiger partial charge in [0.05, 0.1) is 17.2 Å². The second-order valence-corrected chi connectivity index (χ2v) is 5.90. The van der Waals surface area contributed by atoms with Gasteiger partial charge in [-0.1, -0.05) is 15.9 Å². The Morgan fingerprint density at radius 2 is 1.79 bits per heavy atom. The summed E-state index contributed by atoms with van der Waals surface area (Å²) in [6.45, 7) is 0. The number of carbonyl (C=O) groups is 2. The minimum absolute atomic E-state index is 0.337. The molecule has 4 nitrogen and oxygen atoms in total. The molecule has 1 aromatic rings. The standard InChI is InChI=1S/C14H11BrN2O2/c15-9-3-4-10-11(7-9)13(19)17(12(10)18)14(8-16)5-1-2-6-14/h3-4,7H,1-2,5-6H2. The van der Waals surface area contributed by atoms with Crippen LogP contribution in [0.1, 0.15) is 46.4 Å². The molecular formula is C14H11BrN2O2. The maximum absolute atomic E-state index is 12.4. The van der Waals surface area contributed by atoms with Gasteiger partial charge in [-0.15, -0.1) is 0 Å². The molecule has 1 aliphatic heterocycles. The van der Waals surface area contributed by atoms with Crippen molar-refractivity contribution < 1.29 is 9.59 Å². The van der Waals surface area contributed by atoms with E-state index in [9.17, 15) is 14.9 Å². The maximum Gasteiger partial charge on any atom is 0.262 e. The molecule has 1 heterocycles. The number of fused-ring (bicyclic) bond motifs is 1. The van der Waals surface area contributed by atoms with E-state index in [1.54, 1.807) is 18.2 Å². The Balaban J connectivity index is 2.10. The fourth-order valence-corrected chi connectivity index (χ4v) is 3.31. The second kappa shape index (κ2) is 4.17. The molecule has 1 aromatic carbocycles. The summed E-state index contributed by atoms with van der Waals surface area (Å²) in [5, 5.41) is 9.44. The third-order valence-corrected chi connectivity index (χ3v) is 4.41. The lowest BCUT2D eigenvalue weighted by Gasteiger charge is -2.30. The largest absolute Gasteiger partial charge is 0.269 e. The Hall–Kier alpha value is -1.67. The zero-order chi connectivity index (χ0) is 13.6. The Labute approximate surface area is 119 Å². The van der Waals surface area contributed by atoms with Crippen molar-refractivity contribution in [1.82, 2.24) is 4.90 Å². The number of amides is 2. The summed E-state index contributed by atoms with van der Waals surface area (Å²) >= 11 is 3.30. The molecule has 96 valence electrons. The van der Waals surface area contributed by atoms with Crippen LogP contribution in [0.15, 0.2) is 22.7 Å². The Morgan fingerprint density at radius 3 is 2.42 bits per heavy atom. The number of nitriles is 1. The molecule has 0 atom stereocenters. The minimum Gasteiger partial charge on any atom is -0.269 e. The van der Waals surface area contributed by atoms with E-state index < -0.39 is 5.54 Å². The van der Waals surface area contributed by atoms with Gasteiger partial charge >= 0.3 is 0 Å². The lowest BCUT2D eigenvalue weighted by Crippen LogP contribution is -2.49. The zero-order valence-electron chi connectivity index (χ0n) is 10.1. The van der Waals surface area contributed by atoms with Crippen LogP contribution in [0.3, 0.4) is 0 Å². The topological polar surface area (TPSA) is 61.2 Å². The smallest absolute Gasteiger partial charge is 0.262 e. The first-order valence-corrected chi connectivity index (χ1v) is 6.98. The van der Waals surface area contributed by atoms with Gasteiger partial charge in [-0.3, -0.25) is 14.5 Å². The number of rotatable bonds is 1. The highest BCUT2D eigenvalue weighted by Gasteiger charge is 2.50. The van der Waals surface area contributed by atoms with Crippen LogP contribution in [0.2, 0.25) is 0 Å². The van der Waals surface area contributed by atoms with Gasteiger partial charge in [0.1, 0.15) is 5.54 Å². The van der Waals surface area contributed by atoms with Gasteiger partial charge in [0.15, 0.2) is 0 Å². The normalized spacial score (nSPS) is 20.5. The highest BCUT2D eigenvalue weighted by atomic mass is 79.9. The van der Waals surface area contributed by atoms with Crippen molar-refractivity contribution in [3.8, 4) is 6.07 Å². The summed E-state index contributed by atoms with van der Waals surface area (Å²) in [4.78, 5) is 26.0. The van der Waals surface area contributed by atoms with Crippen LogP contribution in [-0.4, -0.2) is 22.3 Å². The summed E-state index contributed by atoms with van der Waals surface area (Å²) in [5.41, 5.74) is -0.157. The Morgan fingerprint density at radius 1 is 1.16 bits per heavy atom. The van der Waals surface area contributed by atoms with E-state index in [1.807, 2.05) is 0 Å². The predicted molar refractivity (Wildman–Crippen MR) is 71.5 cm³/mol. The average Bonchev–Trinajstić information content (AvgIpc) is 2.96. The van der Waals surface area contributed by atoms with E-state index in [-0.39, 0.29) is 11.8 Å². The SMILES string of the molecule is N#CC1(N2C(=O)c3ccc(Br)cc3C2=O)CCCC1. The van der Waals surface area contributed by atoms with E-state index in [2.05, 4.69) is 22.0 Å². The fourth-order valence-electron chi connectivity index (χ4n) is 2.95. The highest BCUT2D eigenvalue weighted by molar-refractivity contribution is 9.10. The molecule has 0 aromatic heterocycles. The molecule has 1 saturated carbocycles. The van der Waals surface area contributed by atoms with E-state index in [0.717, 1.165) is 17.3 Å². The molecule has 0 spiro atoms. The molecule has 5 heteroatoms. The lowest BCUT2D eigenvalue weighted by molar-refractivity contribution is 0.0514. The van der Waals surface area contributed by atoms with Gasteiger partial charge in [0, 0.05) is 4.47 Å². The van der Waals surface area contributed by atoms with Crippen molar-refractivity contribution in [2.24, 2.45) is 0 Å². The first-order valence-electron chi connectivity index (χ1n) is 6.19. The molecule has 2 amide bonds. The summed E-state index contributed by atoms with van der Waals surface area (Å²) in [5.74, 6) is -0.680. The van der Waals surface area contributed by atoms with Crippen molar-refractivity contribution in [2.45, 2.75) is 31.2 Å². The maximum atomic E-state index is 12.4. The lowest BCUT2D eigenvalue weighted by atomic mass is 9.97. The molecule has 3 rings (SSSR count). The fraction of sp³-hybridized carbons (Fsp3) is 0.357. The number of nitrogens with zero attached hydrogens (tertiary/aromatic N) is 2. The van der Waals surface area contributed by atoms with Crippen LogP contribution < -0.4 is 0 Å². The molecule has 2 aliphatic rings. The predicted octanol–water partition coefficient (Wildman–Crippen LogP) is 2.88. The number of hydrogen-bond donors (Lipinski definition) is 0. The highest BCUT2D eigenvalue weighted by Crippen LogP contribution is 2.40. The van der Waals surface area contributed by atoms with Crippen molar-refractivity contribution in [1.29, 1.82) is 5.26 Å². The molecule has 19 heavy (non-hydrogen) atoms. The summed E-state index contributed by atoms with van der Waals surface area (Å²) in [7, 11) is 0. The average molecular weight is 319 g/mol. The molecule has 0 N–H and O–H groups in total. The van der Waals surface area contributed by atoms with Gasteiger partial charge < -0.3 is 0 Å². The van der Waals surface area contributed by atoms with Gasteiger partial charge in [-0.2, -0.15) is 5.26 Å². The zero-order valence-corrected chi connectivity index (χ0v) is 11.7. The van der Waals surface area contributed by atoms with Crippen LogP contribution in [0.5, 0.6) is 0 Å². The van der Waals surface area contributed by atoms with Gasteiger partial charge in [-0.05, 0) is 43.9 Å². The van der Waals surface area contributed by atoms with E-state index >= 15 is 0 Å². The number of halogens is 1. The van der Waals surface area contributed by atoms with Crippen molar-refractivity contribution >= 4 is 27.7 Å². The summed E-state index contributed by atoms with van der Waals surface area (Å²) < 4.78 is 0.756. The Kier molecular flexibility index (Phi) is 2.72. The third-order valence-electron chi connectivity index (χ3n) is 3.92. The number of carbonyl (C=O) groups excluding carboxylic acids is 2. The minimum atomic E-state index is -0.945. The molecule has 1 fully saturated rings. The summed E-state index contributed by atoms with van der Waals surface area (Å²) in [6.07, 6.45) is 2.92. The quantitative estimate of drug-likeness (QED) is 0.748. The first-order chi connectivity index (χ1) is 9.09.